The Hall–Kier alpha value is -2.19. The Balaban J connectivity index is 1.79. The first-order valence-electron chi connectivity index (χ1n) is 7.13. The lowest BCUT2D eigenvalue weighted by molar-refractivity contribution is -0.137. The van der Waals surface area contributed by atoms with Crippen LogP contribution in [0.25, 0.3) is 10.8 Å². The number of carbonyl (C=O) groups excluding carboxylic acids is 1. The van der Waals surface area contributed by atoms with E-state index in [0.29, 0.717) is 28.6 Å². The molecule has 1 aliphatic heterocycles. The highest BCUT2D eigenvalue weighted by Crippen LogP contribution is 2.29. The Morgan fingerprint density at radius 1 is 1.57 bits per heavy atom. The zero-order valence-corrected chi connectivity index (χ0v) is 13.3. The smallest absolute Gasteiger partial charge is 0.305 e. The largest absolute Gasteiger partial charge is 0.481 e. The molecule has 3 rings (SSSR count). The lowest BCUT2D eigenvalue weighted by atomic mass is 10.1. The monoisotopic (exact) mass is 336 g/mol. The fraction of sp³-hybridized carbons (Fsp3) is 0.400. The number of aliphatic carboxylic acids is 1. The van der Waals surface area contributed by atoms with Crippen molar-refractivity contribution in [3.05, 3.63) is 29.5 Å². The lowest BCUT2D eigenvalue weighted by Crippen LogP contribution is -2.36. The summed E-state index contributed by atoms with van der Waals surface area (Å²) in [6.07, 6.45) is 3.35. The Bertz CT molecular complexity index is 697. The average Bonchev–Trinajstić information content (AvgIpc) is 3.25. The average molecular weight is 336 g/mol. The molecule has 8 heteroatoms. The van der Waals surface area contributed by atoms with Crippen molar-refractivity contribution in [3.63, 3.8) is 0 Å². The Labute approximate surface area is 136 Å². The molecule has 0 aliphatic carbocycles. The van der Waals surface area contributed by atoms with Crippen LogP contribution in [-0.4, -0.2) is 52.7 Å². The van der Waals surface area contributed by atoms with Crippen LogP contribution in [-0.2, 0) is 9.53 Å². The number of carbonyl (C=O) groups is 2. The maximum atomic E-state index is 12.7. The van der Waals surface area contributed by atoms with Gasteiger partial charge < -0.3 is 19.2 Å². The molecular weight excluding hydrogens is 320 g/mol. The van der Waals surface area contributed by atoms with Crippen LogP contribution in [0.4, 0.5) is 0 Å². The molecule has 1 fully saturated rings. The van der Waals surface area contributed by atoms with Crippen molar-refractivity contribution in [2.45, 2.75) is 25.0 Å². The molecule has 1 amide bonds. The minimum Gasteiger partial charge on any atom is -0.481 e. The summed E-state index contributed by atoms with van der Waals surface area (Å²) in [6, 6.07) is 3.17. The van der Waals surface area contributed by atoms with Gasteiger partial charge in [-0.25, -0.2) is 4.98 Å². The summed E-state index contributed by atoms with van der Waals surface area (Å²) in [7, 11) is 1.57. The zero-order valence-electron chi connectivity index (χ0n) is 12.5. The van der Waals surface area contributed by atoms with E-state index in [0.717, 1.165) is 0 Å². The van der Waals surface area contributed by atoms with Crippen LogP contribution < -0.4 is 0 Å². The molecule has 7 nitrogen and oxygen atoms in total. The Morgan fingerprint density at radius 2 is 2.39 bits per heavy atom. The maximum Gasteiger partial charge on any atom is 0.305 e. The van der Waals surface area contributed by atoms with Crippen molar-refractivity contribution >= 4 is 23.2 Å². The molecule has 1 N–H and O–H groups in total. The van der Waals surface area contributed by atoms with Crippen LogP contribution >= 0.6 is 11.3 Å². The number of furan rings is 1. The molecule has 122 valence electrons. The second-order valence-corrected chi connectivity index (χ2v) is 6.34. The number of nitrogens with zero attached hydrogens (tertiary/aromatic N) is 2. The second-order valence-electron chi connectivity index (χ2n) is 5.31. The number of methoxy groups -OCH3 is 1. The molecule has 0 saturated carbocycles. The van der Waals surface area contributed by atoms with Gasteiger partial charge in [-0.05, 0) is 18.6 Å². The number of hydrogen-bond acceptors (Lipinski definition) is 6. The van der Waals surface area contributed by atoms with Gasteiger partial charge in [-0.1, -0.05) is 0 Å². The van der Waals surface area contributed by atoms with Gasteiger partial charge in [0.25, 0.3) is 5.91 Å². The third-order valence-corrected chi connectivity index (χ3v) is 4.83. The normalized spacial score (nSPS) is 20.8. The molecule has 2 aromatic rings. The van der Waals surface area contributed by atoms with Gasteiger partial charge in [0.2, 0.25) is 0 Å². The van der Waals surface area contributed by atoms with Crippen molar-refractivity contribution < 1.29 is 23.8 Å². The predicted octanol–water partition coefficient (Wildman–Crippen LogP) is 2.11. The van der Waals surface area contributed by atoms with E-state index in [2.05, 4.69) is 4.98 Å². The topological polar surface area (TPSA) is 92.9 Å². The molecule has 0 spiro atoms. The van der Waals surface area contributed by atoms with Crippen LogP contribution in [0.3, 0.4) is 0 Å². The first-order chi connectivity index (χ1) is 11.1. The van der Waals surface area contributed by atoms with Crippen LogP contribution in [0.5, 0.6) is 0 Å². The molecule has 2 atom stereocenters. The molecule has 3 heterocycles. The van der Waals surface area contributed by atoms with Gasteiger partial charge in [0.1, 0.15) is 4.88 Å². The summed E-state index contributed by atoms with van der Waals surface area (Å²) in [5, 5.41) is 9.65. The Morgan fingerprint density at radius 3 is 3.04 bits per heavy atom. The standard InChI is InChI=1S/C15H16N2O5S/c1-21-10-5-9(6-13(18)19)17(8-10)15(20)12-7-16-14(23-12)11-3-2-4-22-11/h2-4,7,9-10H,5-6,8H2,1H3,(H,18,19). The van der Waals surface area contributed by atoms with Gasteiger partial charge >= 0.3 is 5.97 Å². The van der Waals surface area contributed by atoms with Crippen molar-refractivity contribution in [2.75, 3.05) is 13.7 Å². The minimum absolute atomic E-state index is 0.0879. The molecular formula is C15H16N2O5S. The SMILES string of the molecule is COC1CC(CC(=O)O)N(C(=O)c2cnc(-c3ccco3)s2)C1. The molecule has 0 aromatic carbocycles. The van der Waals surface area contributed by atoms with E-state index in [-0.39, 0.29) is 24.5 Å². The van der Waals surface area contributed by atoms with Gasteiger partial charge in [-0.15, -0.1) is 11.3 Å². The second kappa shape index (κ2) is 6.51. The van der Waals surface area contributed by atoms with E-state index in [1.807, 2.05) is 0 Å². The van der Waals surface area contributed by atoms with Gasteiger partial charge in [-0.3, -0.25) is 9.59 Å². The molecule has 2 unspecified atom stereocenters. The Kier molecular flexibility index (Phi) is 4.44. The molecule has 23 heavy (non-hydrogen) atoms. The van der Waals surface area contributed by atoms with E-state index < -0.39 is 5.97 Å². The number of rotatable bonds is 5. The number of carboxylic acid groups (broad SMARTS) is 1. The fourth-order valence-corrected chi connectivity index (χ4v) is 3.56. The number of hydrogen-bond donors (Lipinski definition) is 1. The zero-order chi connectivity index (χ0) is 16.4. The molecule has 1 aliphatic rings. The lowest BCUT2D eigenvalue weighted by Gasteiger charge is -2.22. The number of carboxylic acids is 1. The van der Waals surface area contributed by atoms with Gasteiger partial charge in [0.15, 0.2) is 10.8 Å². The summed E-state index contributed by atoms with van der Waals surface area (Å²) in [5.41, 5.74) is 0. The number of thiazole rings is 1. The van der Waals surface area contributed by atoms with E-state index >= 15 is 0 Å². The molecule has 0 radical (unpaired) electrons. The van der Waals surface area contributed by atoms with Gasteiger partial charge in [-0.2, -0.15) is 0 Å². The highest BCUT2D eigenvalue weighted by atomic mass is 32.1. The van der Waals surface area contributed by atoms with Crippen molar-refractivity contribution in [1.82, 2.24) is 9.88 Å². The van der Waals surface area contributed by atoms with Crippen molar-refractivity contribution in [3.8, 4) is 10.8 Å². The summed E-state index contributed by atoms with van der Waals surface area (Å²) >= 11 is 1.23. The van der Waals surface area contributed by atoms with Crippen LogP contribution in [0.2, 0.25) is 0 Å². The predicted molar refractivity (Wildman–Crippen MR) is 82.3 cm³/mol. The van der Waals surface area contributed by atoms with E-state index in [9.17, 15) is 9.59 Å². The number of ether oxygens (including phenoxy) is 1. The summed E-state index contributed by atoms with van der Waals surface area (Å²) in [6.45, 7) is 0.390. The quantitative estimate of drug-likeness (QED) is 0.899. The summed E-state index contributed by atoms with van der Waals surface area (Å²) < 4.78 is 10.6. The van der Waals surface area contributed by atoms with Gasteiger partial charge in [0, 0.05) is 19.7 Å². The van der Waals surface area contributed by atoms with Crippen molar-refractivity contribution in [2.24, 2.45) is 0 Å². The van der Waals surface area contributed by atoms with E-state index in [1.54, 1.807) is 30.4 Å². The number of aromatic nitrogens is 1. The summed E-state index contributed by atoms with van der Waals surface area (Å²) in [4.78, 5) is 30.0. The maximum absolute atomic E-state index is 12.7. The van der Waals surface area contributed by atoms with E-state index in [4.69, 9.17) is 14.3 Å². The fourth-order valence-electron chi connectivity index (χ4n) is 2.72. The first kappa shape index (κ1) is 15.7. The van der Waals surface area contributed by atoms with Crippen LogP contribution in [0.1, 0.15) is 22.5 Å². The third kappa shape index (κ3) is 3.27. The molecule has 1 saturated heterocycles. The highest BCUT2D eigenvalue weighted by molar-refractivity contribution is 7.16. The first-order valence-corrected chi connectivity index (χ1v) is 7.95. The minimum atomic E-state index is -0.926. The number of likely N-dealkylation sites (tertiary alicyclic amines) is 1. The van der Waals surface area contributed by atoms with Crippen LogP contribution in [0.15, 0.2) is 29.0 Å². The highest BCUT2D eigenvalue weighted by Gasteiger charge is 2.37. The third-order valence-electron chi connectivity index (χ3n) is 3.83. The van der Waals surface area contributed by atoms with E-state index in [1.165, 1.54) is 17.5 Å². The van der Waals surface area contributed by atoms with Crippen molar-refractivity contribution in [1.29, 1.82) is 0 Å². The van der Waals surface area contributed by atoms with Crippen LogP contribution in [0, 0.1) is 0 Å². The molecule has 2 aromatic heterocycles. The summed E-state index contributed by atoms with van der Waals surface area (Å²) in [5.74, 6) is -0.538. The number of amides is 1. The van der Waals surface area contributed by atoms with Gasteiger partial charge in [0.05, 0.1) is 25.0 Å². The molecule has 0 bridgehead atoms.